The topological polar surface area (TPSA) is 134 Å². The molecule has 0 aliphatic rings. The molecule has 0 unspecified atom stereocenters. The molecule has 3 aromatic heterocycles. The third-order valence-electron chi connectivity index (χ3n) is 5.09. The number of aromatic nitrogens is 6. The van der Waals surface area contributed by atoms with Crippen LogP contribution in [0.25, 0.3) is 22.4 Å². The Kier molecular flexibility index (Phi) is 5.65. The number of nitrogens with zero attached hydrogens (tertiary/aromatic N) is 6. The minimum atomic E-state index is -1.11. The van der Waals surface area contributed by atoms with Crippen LogP contribution in [-0.2, 0) is 18.4 Å². The fourth-order valence-corrected chi connectivity index (χ4v) is 3.40. The highest BCUT2D eigenvalue weighted by molar-refractivity contribution is 5.90. The second kappa shape index (κ2) is 8.57. The molecule has 3 heterocycles. The SMILES string of the molecule is Cc1c(-c2ccc(-c3cnc(C(N)=O)n3C)c(F)c2F)cnn1CC(=O)Nc1cccnn1. The van der Waals surface area contributed by atoms with Crippen molar-refractivity contribution in [3.63, 3.8) is 0 Å². The number of imidazole rings is 1. The molecule has 12 heteroatoms. The van der Waals surface area contributed by atoms with E-state index in [2.05, 4.69) is 25.6 Å². The van der Waals surface area contributed by atoms with E-state index in [-0.39, 0.29) is 35.0 Å². The standard InChI is InChI=1S/C21H18F2N8O2/c1-11-14(8-27-31(11)10-17(32)28-16-4-3-7-26-29-16)12-5-6-13(19(23)18(12)22)15-9-25-21(20(24)33)30(15)2/h3-9H,10H2,1-2H3,(H2,24,33)(H,28,29,32). The van der Waals surface area contributed by atoms with E-state index >= 15 is 4.39 Å². The van der Waals surface area contributed by atoms with Gasteiger partial charge in [-0.1, -0.05) is 6.07 Å². The number of hydrogen-bond donors (Lipinski definition) is 2. The third kappa shape index (κ3) is 4.05. The normalized spacial score (nSPS) is 10.9. The van der Waals surface area contributed by atoms with Crippen LogP contribution in [0.2, 0.25) is 0 Å². The lowest BCUT2D eigenvalue weighted by molar-refractivity contribution is -0.117. The maximum Gasteiger partial charge on any atom is 0.284 e. The Labute approximate surface area is 186 Å². The van der Waals surface area contributed by atoms with Crippen LogP contribution in [0.5, 0.6) is 0 Å². The van der Waals surface area contributed by atoms with Gasteiger partial charge in [0.25, 0.3) is 5.91 Å². The average molecular weight is 452 g/mol. The Morgan fingerprint density at radius 1 is 1.09 bits per heavy atom. The Hall–Kier alpha value is -4.48. The van der Waals surface area contributed by atoms with Crippen LogP contribution in [0.1, 0.15) is 16.3 Å². The van der Waals surface area contributed by atoms with Crippen molar-refractivity contribution in [1.29, 1.82) is 0 Å². The van der Waals surface area contributed by atoms with Crippen molar-refractivity contribution in [3.8, 4) is 22.4 Å². The van der Waals surface area contributed by atoms with E-state index in [9.17, 15) is 14.0 Å². The second-order valence-corrected chi connectivity index (χ2v) is 7.14. The third-order valence-corrected chi connectivity index (χ3v) is 5.09. The van der Waals surface area contributed by atoms with E-state index in [0.717, 1.165) is 0 Å². The fourth-order valence-electron chi connectivity index (χ4n) is 3.40. The van der Waals surface area contributed by atoms with Gasteiger partial charge >= 0.3 is 0 Å². The molecule has 10 nitrogen and oxygen atoms in total. The molecular weight excluding hydrogens is 434 g/mol. The lowest BCUT2D eigenvalue weighted by atomic mass is 10.0. The van der Waals surface area contributed by atoms with E-state index in [1.54, 1.807) is 19.1 Å². The van der Waals surface area contributed by atoms with Crippen molar-refractivity contribution in [2.45, 2.75) is 13.5 Å². The van der Waals surface area contributed by atoms with E-state index in [1.165, 1.54) is 47.0 Å². The minimum Gasteiger partial charge on any atom is -0.363 e. The Bertz CT molecular complexity index is 1360. The summed E-state index contributed by atoms with van der Waals surface area (Å²) in [5.74, 6) is -3.19. The van der Waals surface area contributed by atoms with Crippen molar-refractivity contribution in [3.05, 3.63) is 66.0 Å². The van der Waals surface area contributed by atoms with Crippen LogP contribution < -0.4 is 11.1 Å². The lowest BCUT2D eigenvalue weighted by Crippen LogP contribution is -2.21. The number of carbonyl (C=O) groups is 2. The Balaban J connectivity index is 1.61. The van der Waals surface area contributed by atoms with Crippen LogP contribution in [0.3, 0.4) is 0 Å². The highest BCUT2D eigenvalue weighted by Gasteiger charge is 2.22. The molecule has 33 heavy (non-hydrogen) atoms. The molecule has 0 bridgehead atoms. The first-order valence-corrected chi connectivity index (χ1v) is 9.68. The predicted molar refractivity (Wildman–Crippen MR) is 114 cm³/mol. The van der Waals surface area contributed by atoms with Gasteiger partial charge in [0.05, 0.1) is 18.1 Å². The first-order chi connectivity index (χ1) is 15.8. The molecule has 4 rings (SSSR count). The first-order valence-electron chi connectivity index (χ1n) is 9.68. The van der Waals surface area contributed by atoms with Crippen molar-refractivity contribution in [2.75, 3.05) is 5.32 Å². The van der Waals surface area contributed by atoms with Crippen LogP contribution >= 0.6 is 0 Å². The van der Waals surface area contributed by atoms with Crippen LogP contribution in [-0.4, -0.2) is 41.3 Å². The van der Waals surface area contributed by atoms with E-state index in [4.69, 9.17) is 5.73 Å². The summed E-state index contributed by atoms with van der Waals surface area (Å²) in [5, 5.41) is 14.2. The van der Waals surface area contributed by atoms with E-state index in [0.29, 0.717) is 11.3 Å². The number of carbonyl (C=O) groups excluding carboxylic acids is 2. The number of benzene rings is 1. The number of nitrogens with one attached hydrogen (secondary N) is 1. The summed E-state index contributed by atoms with van der Waals surface area (Å²) >= 11 is 0. The molecule has 0 saturated carbocycles. The Morgan fingerprint density at radius 3 is 2.48 bits per heavy atom. The van der Waals surface area contributed by atoms with Gasteiger partial charge in [-0.05, 0) is 25.1 Å². The molecule has 2 amide bonds. The van der Waals surface area contributed by atoms with E-state index < -0.39 is 23.4 Å². The maximum absolute atomic E-state index is 15.0. The molecule has 0 radical (unpaired) electrons. The molecule has 168 valence electrons. The fraction of sp³-hybridized carbons (Fsp3) is 0.143. The van der Waals surface area contributed by atoms with Gasteiger partial charge in [-0.3, -0.25) is 14.3 Å². The zero-order chi connectivity index (χ0) is 23.7. The molecule has 0 aliphatic heterocycles. The van der Waals surface area contributed by atoms with Crippen LogP contribution in [0.4, 0.5) is 14.6 Å². The minimum absolute atomic E-state index is 0.0216. The summed E-state index contributed by atoms with van der Waals surface area (Å²) < 4.78 is 32.7. The molecule has 3 N–H and O–H groups in total. The molecule has 0 atom stereocenters. The van der Waals surface area contributed by atoms with Gasteiger partial charge in [-0.2, -0.15) is 10.2 Å². The van der Waals surface area contributed by atoms with Crippen molar-refractivity contribution in [2.24, 2.45) is 12.8 Å². The zero-order valence-electron chi connectivity index (χ0n) is 17.6. The highest BCUT2D eigenvalue weighted by atomic mass is 19.2. The monoisotopic (exact) mass is 452 g/mol. The summed E-state index contributed by atoms with van der Waals surface area (Å²) in [4.78, 5) is 27.5. The molecule has 0 fully saturated rings. The maximum atomic E-state index is 15.0. The van der Waals surface area contributed by atoms with Gasteiger partial charge in [-0.25, -0.2) is 13.8 Å². The van der Waals surface area contributed by atoms with Crippen LogP contribution in [0, 0.1) is 18.6 Å². The number of primary amides is 1. The molecule has 1 aromatic carbocycles. The zero-order valence-corrected chi connectivity index (χ0v) is 17.6. The first kappa shape index (κ1) is 21.7. The summed E-state index contributed by atoms with van der Waals surface area (Å²) in [6, 6.07) is 5.99. The Morgan fingerprint density at radius 2 is 1.82 bits per heavy atom. The molecular formula is C21H18F2N8O2. The number of halogens is 2. The van der Waals surface area contributed by atoms with Gasteiger partial charge in [0.15, 0.2) is 23.3 Å². The number of nitrogens with two attached hydrogens (primary N) is 1. The lowest BCUT2D eigenvalue weighted by Gasteiger charge is -2.10. The molecule has 0 saturated heterocycles. The van der Waals surface area contributed by atoms with Crippen molar-refractivity contribution in [1.82, 2.24) is 29.5 Å². The van der Waals surface area contributed by atoms with Gasteiger partial charge in [0.1, 0.15) is 6.54 Å². The summed E-state index contributed by atoms with van der Waals surface area (Å²) in [7, 11) is 1.48. The highest BCUT2D eigenvalue weighted by Crippen LogP contribution is 2.33. The van der Waals surface area contributed by atoms with E-state index in [1.807, 2.05) is 0 Å². The molecule has 0 spiro atoms. The number of anilines is 1. The van der Waals surface area contributed by atoms with Gasteiger partial charge in [0.2, 0.25) is 5.91 Å². The van der Waals surface area contributed by atoms with Gasteiger partial charge < -0.3 is 15.6 Å². The van der Waals surface area contributed by atoms with Crippen molar-refractivity contribution >= 4 is 17.6 Å². The smallest absolute Gasteiger partial charge is 0.284 e. The summed E-state index contributed by atoms with van der Waals surface area (Å²) in [6.07, 6.45) is 4.08. The summed E-state index contributed by atoms with van der Waals surface area (Å²) in [5.41, 5.74) is 6.12. The predicted octanol–water partition coefficient (Wildman–Crippen LogP) is 2.06. The number of rotatable bonds is 6. The number of amides is 2. The second-order valence-electron chi connectivity index (χ2n) is 7.14. The van der Waals surface area contributed by atoms with Gasteiger partial charge in [-0.15, -0.1) is 5.10 Å². The largest absolute Gasteiger partial charge is 0.363 e. The molecule has 4 aromatic rings. The quantitative estimate of drug-likeness (QED) is 0.460. The summed E-state index contributed by atoms with van der Waals surface area (Å²) in [6.45, 7) is 1.49. The van der Waals surface area contributed by atoms with Gasteiger partial charge in [0, 0.05) is 35.6 Å². The molecule has 0 aliphatic carbocycles. The van der Waals surface area contributed by atoms with Crippen LogP contribution in [0.15, 0.2) is 42.9 Å². The average Bonchev–Trinajstić information content (AvgIpc) is 3.34. The number of hydrogen-bond acceptors (Lipinski definition) is 6. The van der Waals surface area contributed by atoms with Crippen molar-refractivity contribution < 1.29 is 18.4 Å².